The number of carbonyl (C=O) groups is 1. The number of hydrogen-bond donors (Lipinski definition) is 2. The first-order valence-corrected chi connectivity index (χ1v) is 9.46. The number of nitrogens with one attached hydrogen (secondary N) is 2. The van der Waals surface area contributed by atoms with Crippen LogP contribution in [0.5, 0.6) is 0 Å². The first kappa shape index (κ1) is 18.8. The molecule has 0 saturated carbocycles. The first-order valence-electron chi connectivity index (χ1n) is 9.46. The highest BCUT2D eigenvalue weighted by Crippen LogP contribution is 2.22. The fourth-order valence-corrected chi connectivity index (χ4v) is 3.22. The fourth-order valence-electron chi connectivity index (χ4n) is 3.22. The summed E-state index contributed by atoms with van der Waals surface area (Å²) in [6, 6.07) is 10.3. The second-order valence-corrected chi connectivity index (χ2v) is 6.93. The number of aryl methyl sites for hydroxylation is 1. The maximum Gasteiger partial charge on any atom is 0.257 e. The van der Waals surface area contributed by atoms with Crippen molar-refractivity contribution in [2.45, 2.75) is 19.8 Å². The van der Waals surface area contributed by atoms with Gasteiger partial charge in [-0.2, -0.15) is 4.98 Å². The molecule has 2 N–H and O–H groups in total. The number of nitrogens with zero attached hydrogens (tertiary/aromatic N) is 4. The molecule has 0 radical (unpaired) electrons. The summed E-state index contributed by atoms with van der Waals surface area (Å²) in [5.41, 5.74) is 2.45. The van der Waals surface area contributed by atoms with Gasteiger partial charge in [0.1, 0.15) is 11.6 Å². The zero-order chi connectivity index (χ0) is 20.2. The minimum absolute atomic E-state index is 0.162. The van der Waals surface area contributed by atoms with E-state index >= 15 is 0 Å². The summed E-state index contributed by atoms with van der Waals surface area (Å²) in [6.45, 7) is 3.99. The van der Waals surface area contributed by atoms with Crippen LogP contribution in [0.25, 0.3) is 0 Å². The molecular formula is C21H21FN6O. The molecule has 1 aromatic carbocycles. The lowest BCUT2D eigenvalue weighted by atomic mass is 10.2. The quantitative estimate of drug-likeness (QED) is 0.685. The van der Waals surface area contributed by atoms with E-state index in [9.17, 15) is 9.18 Å². The number of aromatic nitrogens is 3. The minimum Gasteiger partial charge on any atom is -0.356 e. The average Bonchev–Trinajstić information content (AvgIpc) is 3.24. The number of amides is 1. The Labute approximate surface area is 168 Å². The van der Waals surface area contributed by atoms with Crippen LogP contribution in [0.1, 0.15) is 28.9 Å². The van der Waals surface area contributed by atoms with Gasteiger partial charge in [-0.25, -0.2) is 9.37 Å². The monoisotopic (exact) mass is 392 g/mol. The fraction of sp³-hybridized carbons (Fsp3) is 0.238. The van der Waals surface area contributed by atoms with Gasteiger partial charge in [0.15, 0.2) is 0 Å². The lowest BCUT2D eigenvalue weighted by Gasteiger charge is -2.17. The molecule has 0 spiro atoms. The van der Waals surface area contributed by atoms with Crippen LogP contribution in [0, 0.1) is 12.7 Å². The Morgan fingerprint density at radius 3 is 2.48 bits per heavy atom. The van der Waals surface area contributed by atoms with E-state index in [0.29, 0.717) is 11.6 Å². The van der Waals surface area contributed by atoms with Crippen molar-refractivity contribution in [1.29, 1.82) is 0 Å². The predicted molar refractivity (Wildman–Crippen MR) is 110 cm³/mol. The van der Waals surface area contributed by atoms with Gasteiger partial charge in [0.05, 0.1) is 11.8 Å². The molecule has 8 heteroatoms. The molecule has 1 saturated heterocycles. The Hall–Kier alpha value is -3.55. The normalized spacial score (nSPS) is 13.4. The lowest BCUT2D eigenvalue weighted by Crippen LogP contribution is -2.19. The van der Waals surface area contributed by atoms with Gasteiger partial charge in [0, 0.05) is 42.4 Å². The molecule has 4 rings (SSSR count). The molecule has 7 nitrogen and oxygen atoms in total. The topological polar surface area (TPSA) is 83.0 Å². The highest BCUT2D eigenvalue weighted by Gasteiger charge is 2.15. The van der Waals surface area contributed by atoms with E-state index in [0.717, 1.165) is 42.6 Å². The van der Waals surface area contributed by atoms with Gasteiger partial charge < -0.3 is 15.5 Å². The molecular weight excluding hydrogens is 371 g/mol. The van der Waals surface area contributed by atoms with E-state index in [2.05, 4.69) is 30.5 Å². The molecule has 0 unspecified atom stereocenters. The molecule has 1 aliphatic rings. The molecule has 148 valence electrons. The van der Waals surface area contributed by atoms with E-state index in [-0.39, 0.29) is 5.56 Å². The molecule has 3 aromatic rings. The zero-order valence-electron chi connectivity index (χ0n) is 16.0. The Balaban J connectivity index is 1.44. The summed E-state index contributed by atoms with van der Waals surface area (Å²) in [6.07, 6.45) is 4.75. The number of rotatable bonds is 5. The largest absolute Gasteiger partial charge is 0.356 e. The second-order valence-electron chi connectivity index (χ2n) is 6.93. The van der Waals surface area contributed by atoms with Gasteiger partial charge in [0.25, 0.3) is 5.91 Å². The molecule has 1 fully saturated rings. The first-order chi connectivity index (χ1) is 14.1. The van der Waals surface area contributed by atoms with Gasteiger partial charge in [-0.3, -0.25) is 9.78 Å². The Morgan fingerprint density at radius 2 is 1.76 bits per heavy atom. The van der Waals surface area contributed by atoms with Crippen molar-refractivity contribution in [3.05, 3.63) is 65.9 Å². The summed E-state index contributed by atoms with van der Waals surface area (Å²) >= 11 is 0. The molecule has 3 heterocycles. The van der Waals surface area contributed by atoms with Crippen LogP contribution in [-0.4, -0.2) is 33.9 Å². The second kappa shape index (κ2) is 8.22. The average molecular weight is 392 g/mol. The molecule has 2 aromatic heterocycles. The number of carbonyl (C=O) groups excluding carboxylic acids is 1. The Kier molecular flexibility index (Phi) is 5.33. The van der Waals surface area contributed by atoms with Crippen LogP contribution in [0.4, 0.5) is 27.5 Å². The molecule has 0 bridgehead atoms. The zero-order valence-corrected chi connectivity index (χ0v) is 16.0. The summed E-state index contributed by atoms with van der Waals surface area (Å²) in [4.78, 5) is 27.2. The van der Waals surface area contributed by atoms with Gasteiger partial charge in [-0.15, -0.1) is 0 Å². The van der Waals surface area contributed by atoms with Gasteiger partial charge in [0.2, 0.25) is 5.95 Å². The van der Waals surface area contributed by atoms with Crippen molar-refractivity contribution in [3.8, 4) is 0 Å². The van der Waals surface area contributed by atoms with E-state index in [1.54, 1.807) is 12.1 Å². The van der Waals surface area contributed by atoms with Crippen molar-refractivity contribution in [2.24, 2.45) is 0 Å². The minimum atomic E-state index is -0.552. The van der Waals surface area contributed by atoms with Crippen LogP contribution in [0.15, 0.2) is 48.8 Å². The van der Waals surface area contributed by atoms with Gasteiger partial charge in [-0.05, 0) is 50.1 Å². The van der Waals surface area contributed by atoms with Gasteiger partial charge in [-0.1, -0.05) is 0 Å². The standard InChI is InChI=1S/C21H21FN6O/c1-14-10-19(28-8-2-3-9-28)27-21(24-14)26-18-6-4-17(5-7-18)25-20(29)15-11-16(22)13-23-12-15/h4-7,10-13H,2-3,8-9H2,1H3,(H,25,29)(H,24,26,27). The van der Waals surface area contributed by atoms with E-state index in [1.165, 1.54) is 19.0 Å². The number of benzene rings is 1. The summed E-state index contributed by atoms with van der Waals surface area (Å²) in [5.74, 6) is 0.498. The van der Waals surface area contributed by atoms with Crippen molar-refractivity contribution in [3.63, 3.8) is 0 Å². The highest BCUT2D eigenvalue weighted by molar-refractivity contribution is 6.04. The van der Waals surface area contributed by atoms with E-state index < -0.39 is 11.7 Å². The maximum atomic E-state index is 13.2. The van der Waals surface area contributed by atoms with Crippen LogP contribution in [0.3, 0.4) is 0 Å². The van der Waals surface area contributed by atoms with Crippen LogP contribution >= 0.6 is 0 Å². The van der Waals surface area contributed by atoms with E-state index in [1.807, 2.05) is 25.1 Å². The Morgan fingerprint density at radius 1 is 1.03 bits per heavy atom. The third kappa shape index (κ3) is 4.66. The summed E-state index contributed by atoms with van der Waals surface area (Å²) in [7, 11) is 0. The third-order valence-corrected chi connectivity index (χ3v) is 4.64. The number of pyridine rings is 1. The summed E-state index contributed by atoms with van der Waals surface area (Å²) in [5, 5.41) is 5.93. The maximum absolute atomic E-state index is 13.2. The lowest BCUT2D eigenvalue weighted by molar-refractivity contribution is 0.102. The van der Waals surface area contributed by atoms with Gasteiger partial charge >= 0.3 is 0 Å². The third-order valence-electron chi connectivity index (χ3n) is 4.64. The number of hydrogen-bond acceptors (Lipinski definition) is 6. The number of halogens is 1. The predicted octanol–water partition coefficient (Wildman–Crippen LogP) is 3.92. The van der Waals surface area contributed by atoms with E-state index in [4.69, 9.17) is 0 Å². The van der Waals surface area contributed by atoms with Crippen molar-refractivity contribution >= 4 is 29.0 Å². The number of anilines is 4. The molecule has 1 aliphatic heterocycles. The van der Waals surface area contributed by atoms with Crippen molar-refractivity contribution < 1.29 is 9.18 Å². The van der Waals surface area contributed by atoms with Crippen LogP contribution < -0.4 is 15.5 Å². The van der Waals surface area contributed by atoms with Crippen molar-refractivity contribution in [1.82, 2.24) is 15.0 Å². The molecule has 1 amide bonds. The highest BCUT2D eigenvalue weighted by atomic mass is 19.1. The smallest absolute Gasteiger partial charge is 0.257 e. The molecule has 0 aliphatic carbocycles. The Bertz CT molecular complexity index is 1020. The SMILES string of the molecule is Cc1cc(N2CCCC2)nc(Nc2ccc(NC(=O)c3cncc(F)c3)cc2)n1. The van der Waals surface area contributed by atoms with Crippen molar-refractivity contribution in [2.75, 3.05) is 28.6 Å². The molecule has 29 heavy (non-hydrogen) atoms. The summed E-state index contributed by atoms with van der Waals surface area (Å²) < 4.78 is 13.2. The molecule has 0 atom stereocenters. The van der Waals surface area contributed by atoms with Crippen LogP contribution in [0.2, 0.25) is 0 Å². The van der Waals surface area contributed by atoms with Crippen LogP contribution in [-0.2, 0) is 0 Å².